The van der Waals surface area contributed by atoms with E-state index < -0.39 is 5.82 Å². The smallest absolute Gasteiger partial charge is 0.254 e. The molecule has 2 aromatic carbocycles. The fourth-order valence-corrected chi connectivity index (χ4v) is 2.38. The summed E-state index contributed by atoms with van der Waals surface area (Å²) in [6, 6.07) is 12.6. The number of benzene rings is 2. The first-order valence-electron chi connectivity index (χ1n) is 7.92. The molecule has 5 heteroatoms. The lowest BCUT2D eigenvalue weighted by molar-refractivity contribution is 0.0731. The van der Waals surface area contributed by atoms with Gasteiger partial charge in [-0.1, -0.05) is 30.3 Å². The number of carbonyl (C=O) groups excluding carboxylic acids is 1. The summed E-state index contributed by atoms with van der Waals surface area (Å²) in [5.41, 5.74) is 7.80. The number of nitrogens with two attached hydrogens (primary N) is 1. The summed E-state index contributed by atoms with van der Waals surface area (Å²) in [6.45, 7) is 3.36. The van der Waals surface area contributed by atoms with Crippen LogP contribution >= 0.6 is 0 Å². The van der Waals surface area contributed by atoms with Gasteiger partial charge >= 0.3 is 0 Å². The van der Waals surface area contributed by atoms with Crippen LogP contribution < -0.4 is 5.73 Å². The molecule has 0 bridgehead atoms. The molecule has 2 rings (SSSR count). The zero-order valence-corrected chi connectivity index (χ0v) is 14.4. The van der Waals surface area contributed by atoms with Crippen LogP contribution in [0.3, 0.4) is 0 Å². The summed E-state index contributed by atoms with van der Waals surface area (Å²) in [4.78, 5) is 16.6. The molecule has 0 saturated heterocycles. The van der Waals surface area contributed by atoms with E-state index in [0.717, 1.165) is 12.1 Å². The molecule has 0 aliphatic heterocycles. The molecule has 4 nitrogen and oxygen atoms in total. The first-order chi connectivity index (χ1) is 11.4. The maximum atomic E-state index is 13.9. The molecule has 2 N–H and O–H groups in total. The van der Waals surface area contributed by atoms with Crippen molar-refractivity contribution in [2.75, 3.05) is 32.9 Å². The van der Waals surface area contributed by atoms with E-state index in [2.05, 4.69) is 0 Å². The molecule has 0 unspecified atom stereocenters. The highest BCUT2D eigenvalue weighted by molar-refractivity contribution is 5.95. The molecule has 0 aliphatic rings. The second-order valence-electron chi connectivity index (χ2n) is 6.19. The van der Waals surface area contributed by atoms with Gasteiger partial charge in [0.1, 0.15) is 5.82 Å². The van der Waals surface area contributed by atoms with Crippen LogP contribution in [0.15, 0.2) is 42.5 Å². The molecule has 0 radical (unpaired) electrons. The molecule has 0 heterocycles. The maximum absolute atomic E-state index is 13.9. The second-order valence-corrected chi connectivity index (χ2v) is 6.19. The molecule has 0 spiro atoms. The van der Waals surface area contributed by atoms with Crippen LogP contribution in [0.5, 0.6) is 0 Å². The summed E-state index contributed by atoms with van der Waals surface area (Å²) in [6.07, 6.45) is 0. The second kappa shape index (κ2) is 7.93. The van der Waals surface area contributed by atoms with Crippen molar-refractivity contribution in [1.29, 1.82) is 0 Å². The van der Waals surface area contributed by atoms with Crippen LogP contribution in [0.2, 0.25) is 0 Å². The Morgan fingerprint density at radius 2 is 1.79 bits per heavy atom. The fraction of sp³-hybridized carbons (Fsp3) is 0.316. The van der Waals surface area contributed by atoms with Gasteiger partial charge in [-0.25, -0.2) is 4.39 Å². The number of nitrogens with zero attached hydrogens (tertiary/aromatic N) is 2. The third kappa shape index (κ3) is 4.55. The summed E-state index contributed by atoms with van der Waals surface area (Å²) in [5.74, 6) is -0.670. The Kier molecular flexibility index (Phi) is 5.93. The van der Waals surface area contributed by atoms with Crippen molar-refractivity contribution in [2.24, 2.45) is 0 Å². The lowest BCUT2D eigenvalue weighted by Crippen LogP contribution is -2.36. The highest BCUT2D eigenvalue weighted by Crippen LogP contribution is 2.19. The van der Waals surface area contributed by atoms with Crippen molar-refractivity contribution < 1.29 is 9.18 Å². The molecule has 2 aromatic rings. The predicted molar refractivity (Wildman–Crippen MR) is 95.3 cm³/mol. The van der Waals surface area contributed by atoms with Gasteiger partial charge < -0.3 is 15.5 Å². The Bertz CT molecular complexity index is 678. The van der Waals surface area contributed by atoms with Crippen molar-refractivity contribution in [3.63, 3.8) is 0 Å². The van der Waals surface area contributed by atoms with E-state index in [0.29, 0.717) is 24.3 Å². The molecule has 0 fully saturated rings. The SMILES string of the molecule is Cc1c(N)cc(C(=O)N(CCN(C)C)Cc2ccccc2)cc1F. The third-order valence-corrected chi connectivity index (χ3v) is 3.95. The number of likely N-dealkylation sites (N-methyl/N-ethyl adjacent to an activating group) is 1. The van der Waals surface area contributed by atoms with E-state index in [4.69, 9.17) is 5.73 Å². The quantitative estimate of drug-likeness (QED) is 0.829. The van der Waals surface area contributed by atoms with Gasteiger partial charge in [-0.2, -0.15) is 0 Å². The largest absolute Gasteiger partial charge is 0.398 e. The zero-order chi connectivity index (χ0) is 17.7. The van der Waals surface area contributed by atoms with Crippen LogP contribution in [0.25, 0.3) is 0 Å². The standard InChI is InChI=1S/C19H24FN3O/c1-14-17(20)11-16(12-18(14)21)19(24)23(10-9-22(2)3)13-15-7-5-4-6-8-15/h4-8,11-12H,9-10,13,21H2,1-3H3. The van der Waals surface area contributed by atoms with Gasteiger partial charge in [0.25, 0.3) is 5.91 Å². The number of hydrogen-bond acceptors (Lipinski definition) is 3. The maximum Gasteiger partial charge on any atom is 0.254 e. The van der Waals surface area contributed by atoms with Crippen LogP contribution in [0, 0.1) is 12.7 Å². The molecule has 0 aliphatic carbocycles. The number of halogens is 1. The van der Waals surface area contributed by atoms with E-state index in [1.54, 1.807) is 17.9 Å². The van der Waals surface area contributed by atoms with Crippen LogP contribution in [0.1, 0.15) is 21.5 Å². The van der Waals surface area contributed by atoms with Gasteiger partial charge in [-0.3, -0.25) is 4.79 Å². The fourth-order valence-electron chi connectivity index (χ4n) is 2.38. The minimum absolute atomic E-state index is 0.216. The molecule has 24 heavy (non-hydrogen) atoms. The minimum Gasteiger partial charge on any atom is -0.398 e. The van der Waals surface area contributed by atoms with Gasteiger partial charge in [-0.15, -0.1) is 0 Å². The molecule has 0 atom stereocenters. The summed E-state index contributed by atoms with van der Waals surface area (Å²) < 4.78 is 13.9. The molecule has 1 amide bonds. The van der Waals surface area contributed by atoms with Crippen molar-refractivity contribution in [3.05, 3.63) is 65.0 Å². The van der Waals surface area contributed by atoms with E-state index in [1.165, 1.54) is 6.07 Å². The van der Waals surface area contributed by atoms with Crippen molar-refractivity contribution >= 4 is 11.6 Å². The number of carbonyl (C=O) groups is 1. The van der Waals surface area contributed by atoms with E-state index >= 15 is 0 Å². The Hall–Kier alpha value is -2.40. The van der Waals surface area contributed by atoms with Crippen LogP contribution in [-0.2, 0) is 6.54 Å². The van der Waals surface area contributed by atoms with Crippen LogP contribution in [0.4, 0.5) is 10.1 Å². The van der Waals surface area contributed by atoms with Gasteiger partial charge in [0.2, 0.25) is 0 Å². The monoisotopic (exact) mass is 329 g/mol. The van der Waals surface area contributed by atoms with Gasteiger partial charge in [0.05, 0.1) is 0 Å². The average molecular weight is 329 g/mol. The lowest BCUT2D eigenvalue weighted by atomic mass is 10.1. The number of nitrogen functional groups attached to an aromatic ring is 1. The first kappa shape index (κ1) is 17.9. The van der Waals surface area contributed by atoms with Gasteiger partial charge in [0.15, 0.2) is 0 Å². The number of hydrogen-bond donors (Lipinski definition) is 1. The molecular weight excluding hydrogens is 305 g/mol. The van der Waals surface area contributed by atoms with E-state index in [9.17, 15) is 9.18 Å². The van der Waals surface area contributed by atoms with E-state index in [1.807, 2.05) is 49.3 Å². The van der Waals surface area contributed by atoms with Gasteiger partial charge in [0, 0.05) is 36.4 Å². The molecule has 0 saturated carbocycles. The topological polar surface area (TPSA) is 49.6 Å². The average Bonchev–Trinajstić information content (AvgIpc) is 2.56. The molecule has 0 aromatic heterocycles. The predicted octanol–water partition coefficient (Wildman–Crippen LogP) is 2.92. The zero-order valence-electron chi connectivity index (χ0n) is 14.4. The van der Waals surface area contributed by atoms with Crippen LogP contribution in [-0.4, -0.2) is 42.9 Å². The van der Waals surface area contributed by atoms with Gasteiger partial charge in [-0.05, 0) is 38.7 Å². The lowest BCUT2D eigenvalue weighted by Gasteiger charge is -2.25. The Balaban J connectivity index is 2.26. The van der Waals surface area contributed by atoms with Crippen molar-refractivity contribution in [3.8, 4) is 0 Å². The Morgan fingerprint density at radius 3 is 2.38 bits per heavy atom. The highest BCUT2D eigenvalue weighted by atomic mass is 19.1. The summed E-state index contributed by atoms with van der Waals surface area (Å²) in [5, 5.41) is 0. The number of anilines is 1. The molecule has 128 valence electrons. The van der Waals surface area contributed by atoms with E-state index in [-0.39, 0.29) is 11.5 Å². The number of amides is 1. The molecular formula is C19H24FN3O. The minimum atomic E-state index is -0.453. The third-order valence-electron chi connectivity index (χ3n) is 3.95. The van der Waals surface area contributed by atoms with Crippen molar-refractivity contribution in [1.82, 2.24) is 9.80 Å². The van der Waals surface area contributed by atoms with Crippen molar-refractivity contribution in [2.45, 2.75) is 13.5 Å². The summed E-state index contributed by atoms with van der Waals surface area (Å²) in [7, 11) is 3.91. The first-order valence-corrected chi connectivity index (χ1v) is 7.92. The summed E-state index contributed by atoms with van der Waals surface area (Å²) >= 11 is 0. The Labute approximate surface area is 142 Å². The normalized spacial score (nSPS) is 10.9. The highest BCUT2D eigenvalue weighted by Gasteiger charge is 2.18. The number of rotatable bonds is 6. The Morgan fingerprint density at radius 1 is 1.12 bits per heavy atom.